The Labute approximate surface area is 200 Å². The molecule has 0 aliphatic heterocycles. The van der Waals surface area contributed by atoms with Crippen LogP contribution < -0.4 is 10.1 Å². The zero-order valence-electron chi connectivity index (χ0n) is 19.0. The Bertz CT molecular complexity index is 1410. The van der Waals surface area contributed by atoms with Gasteiger partial charge in [0, 0.05) is 35.5 Å². The first-order chi connectivity index (χ1) is 16.9. The summed E-state index contributed by atoms with van der Waals surface area (Å²) in [6, 6.07) is 16.5. The number of nitrogens with zero attached hydrogens (tertiary/aromatic N) is 1. The fraction of sp³-hybridized carbons (Fsp3) is 0.115. The van der Waals surface area contributed by atoms with Crippen molar-refractivity contribution in [1.82, 2.24) is 0 Å². The smallest absolute Gasteiger partial charge is 0.269 e. The quantitative estimate of drug-likeness (QED) is 0.194. The Morgan fingerprint density at radius 1 is 1.06 bits per heavy atom. The molecule has 2 heterocycles. The zero-order chi connectivity index (χ0) is 24.9. The van der Waals surface area contributed by atoms with Crippen molar-refractivity contribution >= 4 is 23.4 Å². The average Bonchev–Trinajstić information content (AvgIpc) is 3.52. The molecule has 9 nitrogen and oxygen atoms in total. The molecule has 178 valence electrons. The molecular formula is C26H22N2O7. The lowest BCUT2D eigenvalue weighted by atomic mass is 10.1. The molecule has 0 spiro atoms. The normalized spacial score (nSPS) is 11.1. The molecule has 35 heavy (non-hydrogen) atoms. The van der Waals surface area contributed by atoms with E-state index in [4.69, 9.17) is 13.6 Å². The summed E-state index contributed by atoms with van der Waals surface area (Å²) in [7, 11) is 1.52. The molecule has 0 saturated carbocycles. The van der Waals surface area contributed by atoms with Crippen molar-refractivity contribution in [3.05, 3.63) is 93.9 Å². The van der Waals surface area contributed by atoms with Crippen LogP contribution >= 0.6 is 0 Å². The van der Waals surface area contributed by atoms with E-state index in [1.807, 2.05) is 0 Å². The number of hydrogen-bond donors (Lipinski definition) is 2. The Kier molecular flexibility index (Phi) is 6.79. The number of nitro benzene ring substituents is 1. The molecule has 0 saturated heterocycles. The summed E-state index contributed by atoms with van der Waals surface area (Å²) < 4.78 is 16.8. The average molecular weight is 474 g/mol. The number of non-ortho nitro benzene ring substituents is 1. The number of nitrogens with one attached hydrogen (secondary N) is 1. The summed E-state index contributed by atoms with van der Waals surface area (Å²) in [5.74, 6) is 2.11. The van der Waals surface area contributed by atoms with Crippen LogP contribution in [-0.2, 0) is 11.4 Å². The van der Waals surface area contributed by atoms with Gasteiger partial charge in [-0.15, -0.1) is 0 Å². The van der Waals surface area contributed by atoms with E-state index in [-0.39, 0.29) is 18.2 Å². The number of hydrogen-bond acceptors (Lipinski definition) is 7. The molecule has 4 rings (SSSR count). The van der Waals surface area contributed by atoms with Gasteiger partial charge in [-0.2, -0.15) is 0 Å². The molecule has 1 amide bonds. The zero-order valence-corrected chi connectivity index (χ0v) is 19.0. The number of aliphatic hydroxyl groups is 1. The Balaban J connectivity index is 1.44. The van der Waals surface area contributed by atoms with Crippen LogP contribution in [0.3, 0.4) is 0 Å². The maximum absolute atomic E-state index is 12.4. The van der Waals surface area contributed by atoms with Crippen molar-refractivity contribution in [3.8, 4) is 28.4 Å². The van der Waals surface area contributed by atoms with Crippen LogP contribution in [0.5, 0.6) is 5.75 Å². The van der Waals surface area contributed by atoms with Crippen LogP contribution in [0, 0.1) is 17.0 Å². The number of benzene rings is 2. The third-order valence-corrected chi connectivity index (χ3v) is 5.26. The van der Waals surface area contributed by atoms with Gasteiger partial charge in [-0.3, -0.25) is 14.9 Å². The number of methoxy groups -OCH3 is 1. The maximum atomic E-state index is 12.4. The van der Waals surface area contributed by atoms with Crippen LogP contribution in [0.25, 0.3) is 28.7 Å². The number of ether oxygens (including phenoxy) is 1. The predicted octanol–water partition coefficient (Wildman–Crippen LogP) is 5.58. The SMILES string of the molecule is COc1cc(NC(=O)/C=C/c2ccc(-c3ccc([N+](=O)[O-])cc3C)o2)ccc1-c1ccc(CO)o1. The van der Waals surface area contributed by atoms with E-state index in [0.29, 0.717) is 45.6 Å². The first kappa shape index (κ1) is 23.5. The highest BCUT2D eigenvalue weighted by molar-refractivity contribution is 6.02. The second-order valence-corrected chi connectivity index (χ2v) is 7.62. The highest BCUT2D eigenvalue weighted by Gasteiger charge is 2.13. The van der Waals surface area contributed by atoms with E-state index in [2.05, 4.69) is 5.32 Å². The monoisotopic (exact) mass is 474 g/mol. The van der Waals surface area contributed by atoms with Crippen LogP contribution in [0.4, 0.5) is 11.4 Å². The second kappa shape index (κ2) is 10.1. The topological polar surface area (TPSA) is 128 Å². The van der Waals surface area contributed by atoms with E-state index in [9.17, 15) is 20.0 Å². The van der Waals surface area contributed by atoms with Gasteiger partial charge in [0.2, 0.25) is 5.91 Å². The molecular weight excluding hydrogens is 452 g/mol. The van der Waals surface area contributed by atoms with Crippen molar-refractivity contribution in [3.63, 3.8) is 0 Å². The van der Waals surface area contributed by atoms with Crippen LogP contribution in [0.15, 0.2) is 75.6 Å². The molecule has 2 aromatic heterocycles. The van der Waals surface area contributed by atoms with E-state index >= 15 is 0 Å². The summed E-state index contributed by atoms with van der Waals surface area (Å²) in [6.07, 6.45) is 2.87. The summed E-state index contributed by atoms with van der Waals surface area (Å²) in [5.41, 5.74) is 2.66. The lowest BCUT2D eigenvalue weighted by Crippen LogP contribution is -2.07. The van der Waals surface area contributed by atoms with Gasteiger partial charge in [0.05, 0.1) is 17.6 Å². The summed E-state index contributed by atoms with van der Waals surface area (Å²) in [5, 5.41) is 22.9. The van der Waals surface area contributed by atoms with Crippen molar-refractivity contribution in [2.24, 2.45) is 0 Å². The van der Waals surface area contributed by atoms with Crippen molar-refractivity contribution < 1.29 is 28.4 Å². The molecule has 2 N–H and O–H groups in total. The number of carbonyl (C=O) groups is 1. The van der Waals surface area contributed by atoms with Gasteiger partial charge in [-0.25, -0.2) is 0 Å². The largest absolute Gasteiger partial charge is 0.496 e. The van der Waals surface area contributed by atoms with Crippen molar-refractivity contribution in [1.29, 1.82) is 0 Å². The highest BCUT2D eigenvalue weighted by atomic mass is 16.6. The molecule has 0 fully saturated rings. The van der Waals surface area contributed by atoms with E-state index in [0.717, 1.165) is 5.56 Å². The number of aliphatic hydroxyl groups excluding tert-OH is 1. The molecule has 0 atom stereocenters. The van der Waals surface area contributed by atoms with Crippen LogP contribution in [-0.4, -0.2) is 23.0 Å². The predicted molar refractivity (Wildman–Crippen MR) is 130 cm³/mol. The van der Waals surface area contributed by atoms with Crippen LogP contribution in [0.1, 0.15) is 17.1 Å². The van der Waals surface area contributed by atoms with Crippen molar-refractivity contribution in [2.75, 3.05) is 12.4 Å². The molecule has 0 unspecified atom stereocenters. The highest BCUT2D eigenvalue weighted by Crippen LogP contribution is 2.34. The summed E-state index contributed by atoms with van der Waals surface area (Å²) >= 11 is 0. The second-order valence-electron chi connectivity index (χ2n) is 7.62. The van der Waals surface area contributed by atoms with Gasteiger partial charge >= 0.3 is 0 Å². The first-order valence-electron chi connectivity index (χ1n) is 10.6. The summed E-state index contributed by atoms with van der Waals surface area (Å²) in [4.78, 5) is 22.9. The number of furan rings is 2. The molecule has 2 aromatic carbocycles. The fourth-order valence-electron chi connectivity index (χ4n) is 3.55. The molecule has 0 aliphatic carbocycles. The van der Waals surface area contributed by atoms with E-state index < -0.39 is 4.92 Å². The number of amides is 1. The van der Waals surface area contributed by atoms with Gasteiger partial charge in [0.15, 0.2) is 0 Å². The van der Waals surface area contributed by atoms with Gasteiger partial charge in [0.25, 0.3) is 5.69 Å². The molecule has 9 heteroatoms. The standard InChI is InChI=1S/C26H22N2O7/c1-16-13-18(28(31)32)4-9-21(16)23-10-5-19(34-23)7-12-26(30)27-17-3-8-22(25(14-17)33-2)24-11-6-20(15-29)35-24/h3-14,29H,15H2,1-2H3,(H,27,30)/b12-7+. The summed E-state index contributed by atoms with van der Waals surface area (Å²) in [6.45, 7) is 1.57. The number of rotatable bonds is 8. The minimum Gasteiger partial charge on any atom is -0.496 e. The third kappa shape index (κ3) is 5.31. The minimum atomic E-state index is -0.446. The number of nitro groups is 1. The fourth-order valence-corrected chi connectivity index (χ4v) is 3.55. The lowest BCUT2D eigenvalue weighted by molar-refractivity contribution is -0.384. The molecule has 0 radical (unpaired) electrons. The number of carbonyl (C=O) groups excluding carboxylic acids is 1. The Morgan fingerprint density at radius 2 is 1.80 bits per heavy atom. The third-order valence-electron chi connectivity index (χ3n) is 5.26. The minimum absolute atomic E-state index is 0.0123. The lowest BCUT2D eigenvalue weighted by Gasteiger charge is -2.09. The van der Waals surface area contributed by atoms with E-state index in [1.165, 1.54) is 31.4 Å². The molecule has 0 bridgehead atoms. The maximum Gasteiger partial charge on any atom is 0.269 e. The molecule has 0 aliphatic rings. The number of anilines is 1. The van der Waals surface area contributed by atoms with E-state index in [1.54, 1.807) is 55.5 Å². The Hall–Kier alpha value is -4.63. The van der Waals surface area contributed by atoms with Gasteiger partial charge < -0.3 is 24.0 Å². The van der Waals surface area contributed by atoms with Crippen LogP contribution in [0.2, 0.25) is 0 Å². The van der Waals surface area contributed by atoms with Crippen molar-refractivity contribution in [2.45, 2.75) is 13.5 Å². The Morgan fingerprint density at radius 3 is 2.49 bits per heavy atom. The van der Waals surface area contributed by atoms with Gasteiger partial charge in [-0.1, -0.05) is 0 Å². The number of aryl methyl sites for hydroxylation is 1. The molecule has 4 aromatic rings. The van der Waals surface area contributed by atoms with Gasteiger partial charge in [-0.05, 0) is 61.0 Å². The van der Waals surface area contributed by atoms with Gasteiger partial charge in [0.1, 0.15) is 35.4 Å². The first-order valence-corrected chi connectivity index (χ1v) is 10.6.